The van der Waals surface area contributed by atoms with E-state index >= 15 is 0 Å². The first-order valence-corrected chi connectivity index (χ1v) is 65.0. The predicted octanol–water partition coefficient (Wildman–Crippen LogP) is 15.1. The summed E-state index contributed by atoms with van der Waals surface area (Å²) in [5, 5.41) is 0. The number of ether oxygens (including phenoxy) is 11. The van der Waals surface area contributed by atoms with E-state index in [2.05, 4.69) is 184 Å². The molecule has 0 unspecified atom stereocenters. The molecule has 0 atom stereocenters. The number of esters is 7. The molecule has 4 rings (SSSR count). The number of hydrogen-bond donors (Lipinski definition) is 7. The van der Waals surface area contributed by atoms with Gasteiger partial charge in [-0.15, -0.1) is 0 Å². The van der Waals surface area contributed by atoms with E-state index in [0.717, 1.165) is 42.5 Å². The fraction of sp³-hybridized carbons (Fsp3) is 0.446. The molecule has 0 aliphatic carbocycles. The number of ketones is 1. The maximum absolute atomic E-state index is 12.8. The highest BCUT2D eigenvalue weighted by Gasteiger charge is 2.36. The second-order valence-corrected chi connectivity index (χ2v) is 57.5. The Morgan fingerprint density at radius 1 is 0.387 bits per heavy atom. The monoisotopic (exact) mass is 2230 g/mol. The lowest BCUT2D eigenvalue weighted by Gasteiger charge is -2.32. The van der Waals surface area contributed by atoms with Gasteiger partial charge in [0.2, 0.25) is 25.0 Å². The minimum Gasteiger partial charge on any atom is -0.547 e. The number of hydrogen-bond acceptors (Lipinski definition) is 41. The largest absolute Gasteiger partial charge is 0.587 e. The number of phosphoric ester groups is 6. The van der Waals surface area contributed by atoms with Crippen molar-refractivity contribution in [3.05, 3.63) is 223 Å². The Morgan fingerprint density at radius 3 is 0.930 bits per heavy atom. The molecule has 0 saturated carbocycles. The summed E-state index contributed by atoms with van der Waals surface area (Å²) in [4.78, 5) is 143. The van der Waals surface area contributed by atoms with Gasteiger partial charge in [0.1, 0.15) is 78.3 Å². The van der Waals surface area contributed by atoms with E-state index in [1.807, 2.05) is 6.92 Å². The van der Waals surface area contributed by atoms with E-state index in [4.69, 9.17) is 102 Å². The van der Waals surface area contributed by atoms with Crippen molar-refractivity contribution in [3.63, 3.8) is 0 Å². The molecule has 2 aliphatic rings. The molecule has 142 heavy (non-hydrogen) atoms. The normalized spacial score (nSPS) is 12.8. The second-order valence-electron chi connectivity index (χ2n) is 29.4. The molecule has 0 radical (unpaired) electrons. The second kappa shape index (κ2) is 80.6. The van der Waals surface area contributed by atoms with Crippen molar-refractivity contribution < 1.29 is 224 Å². The van der Waals surface area contributed by atoms with Crippen LogP contribution < -0.4 is 9.05 Å². The van der Waals surface area contributed by atoms with Gasteiger partial charge in [-0.05, 0) is 111 Å². The van der Waals surface area contributed by atoms with Crippen LogP contribution in [0.25, 0.3) is 0 Å². The lowest BCUT2D eigenvalue weighted by Crippen LogP contribution is -2.50. The smallest absolute Gasteiger partial charge is 0.547 e. The first-order valence-electron chi connectivity index (χ1n) is 41.3. The molecule has 2 heterocycles. The van der Waals surface area contributed by atoms with Gasteiger partial charge in [0, 0.05) is 52.9 Å². The molecular weight excluding hydrogens is 2090 g/mol. The molecule has 810 valence electrons. The molecule has 48 nitrogen and oxygen atoms in total. The van der Waals surface area contributed by atoms with E-state index < -0.39 is 129 Å². The number of carbonyl (C=O) groups excluding carboxylic acids is 8. The molecule has 7 N–H and O–H groups in total. The highest BCUT2D eigenvalue weighted by atomic mass is 31.2. The van der Waals surface area contributed by atoms with E-state index in [-0.39, 0.29) is 128 Å². The average molecular weight is 2230 g/mol. The number of para-hydroxylation sites is 2. The van der Waals surface area contributed by atoms with Crippen LogP contribution in [-0.4, -0.2) is 259 Å². The van der Waals surface area contributed by atoms with Gasteiger partial charge in [-0.25, -0.2) is 61.0 Å². The molecule has 0 amide bonds. The van der Waals surface area contributed by atoms with Crippen LogP contribution in [0.5, 0.6) is 11.5 Å². The van der Waals surface area contributed by atoms with Gasteiger partial charge in [0.05, 0.1) is 116 Å². The van der Waals surface area contributed by atoms with E-state index in [0.29, 0.717) is 49.4 Å². The van der Waals surface area contributed by atoms with Crippen LogP contribution in [0, 0.1) is 0 Å². The van der Waals surface area contributed by atoms with Crippen LogP contribution in [0.1, 0.15) is 41.0 Å². The molecule has 2 fully saturated rings. The van der Waals surface area contributed by atoms with E-state index in [9.17, 15) is 75.2 Å². The summed E-state index contributed by atoms with van der Waals surface area (Å²) in [5.41, 5.74) is 0.631. The first kappa shape index (κ1) is 144. The minimum atomic E-state index is -4.46. The zero-order chi connectivity index (χ0) is 110. The number of phosphoric acid groups is 6. The summed E-state index contributed by atoms with van der Waals surface area (Å²) < 4.78 is 203. The maximum Gasteiger partial charge on any atom is 0.587 e. The summed E-state index contributed by atoms with van der Waals surface area (Å²) in [6.45, 7) is 65.4. The van der Waals surface area contributed by atoms with Gasteiger partial charge in [0.15, 0.2) is 5.78 Å². The van der Waals surface area contributed by atoms with Crippen molar-refractivity contribution >= 4 is 135 Å². The Hall–Kier alpha value is -8.66. The molecule has 2 saturated heterocycles. The number of benzene rings is 2. The Labute approximate surface area is 833 Å². The van der Waals surface area contributed by atoms with Gasteiger partial charge in [0.25, 0.3) is 0 Å². The van der Waals surface area contributed by atoms with Gasteiger partial charge in [-0.3, -0.25) is 59.1 Å². The topological polar surface area (TPSA) is 638 Å². The Balaban J connectivity index is -0.000000368. The molecule has 2 aromatic rings. The Morgan fingerprint density at radius 2 is 0.662 bits per heavy atom. The van der Waals surface area contributed by atoms with Crippen molar-refractivity contribution in [2.45, 2.75) is 100.0 Å². The van der Waals surface area contributed by atoms with Gasteiger partial charge >= 0.3 is 96.3 Å². The Kier molecular flexibility index (Phi) is 81.7. The van der Waals surface area contributed by atoms with Crippen LogP contribution in [0.3, 0.4) is 0 Å². The van der Waals surface area contributed by atoms with Gasteiger partial charge in [-0.1, -0.05) is 128 Å². The SMILES string of the molecule is C=C(C)C(=O)OCCOP(=O)(O)O.C=C(C)C(=O)OCCOP(=O)(O)OCCOC(=O)C(=C)C.C=CC(=O)OCCOP(=O)(O)O.C=CC(=O)OCCOP(=O)(Oc1ccccc1)Oc1ccccc1.C=CC(=O)OCCOP1(=O)OCCCO1.C=CC(=O)OCCOP1(=O)OCCO1.C=COC[Si](C)(C)COC=C.C=COC[Si](C)(C)O[Si](C)(C)COC=C.C=CP(=O)(O)O.CC(=O)/C=C(/C)O[Si](C)(C)C. The standard InChI is InChI=1S/C17H17O6P.C12H19O8P.C10H22O3Si2.C8H13O6P.2C8H16O2Si.C7H11O6P.C6H11O6P.C5H9O6P.C2H5O3P/c1-2-17(18)20-13-14-21-24(19,22-15-9-5-3-6-10-15)23-16-11-7-4-8-12-16;1-9(2)11(13)17-5-7-19-21(15,16)20-8-6-18-12(14)10(3)4;1-7-11-9-14(3,4)13-15(5,6)10-12-8-2;1-2-8(9)11-6-7-14-15(10)12-4-3-5-13-15;1-7(9)6-8(2)10-11(3,4)5;1-5-9-7-11(3,4)8-10-6-2;1-2-7(8)10-3-4-11-14(9)12-5-6-13-14;1-5(2)6(7)11-3-4-12-13(8,9)10;1-2-5(6)10-3-4-11-12(7,8)9;1-2-6(3,4)5/h2-12H,1,13-14H2;1,3,5-8H2,2,4H3,(H,15,16);7-8H,1-2,9-10H2,3-6H3;2H,1,3-7H2;6H,1-5H3;5-6H,1-2,7-8H2,3-4H3;2H,1,3-6H2;1,3-4H2,2H3,(H2,8,9,10);2H,1,3-4H2,(H2,7,8,9);2H,1H2,(H2,3,4,5)/b;;;;8-6-;;;;;. The Bertz CT molecular complexity index is 4430. The van der Waals surface area contributed by atoms with Crippen molar-refractivity contribution in [1.82, 2.24) is 0 Å². The summed E-state index contributed by atoms with van der Waals surface area (Å²) in [5.74, 6) is -2.19. The third kappa shape index (κ3) is 98.7. The molecule has 0 aromatic heterocycles. The number of carbonyl (C=O) groups is 8. The number of allylic oxidation sites excluding steroid dienone is 2. The summed E-state index contributed by atoms with van der Waals surface area (Å²) in [6, 6.07) is 17.0. The highest BCUT2D eigenvalue weighted by molar-refractivity contribution is 7.55. The summed E-state index contributed by atoms with van der Waals surface area (Å²) in [6.07, 6.45) is 14.9. The maximum atomic E-state index is 12.8. The van der Waals surface area contributed by atoms with Crippen LogP contribution >= 0.6 is 54.5 Å². The van der Waals surface area contributed by atoms with Crippen molar-refractivity contribution in [1.29, 1.82) is 0 Å². The fourth-order valence-electron chi connectivity index (χ4n) is 7.64. The van der Waals surface area contributed by atoms with Crippen LogP contribution in [0.4, 0.5) is 0 Å². The zero-order valence-corrected chi connectivity index (χ0v) is 92.6. The average Bonchev–Trinajstić information content (AvgIpc) is 1.01. The third-order valence-electron chi connectivity index (χ3n) is 13.0. The lowest BCUT2D eigenvalue weighted by molar-refractivity contribution is -0.140. The molecule has 0 spiro atoms. The molecule has 59 heteroatoms. The predicted molar refractivity (Wildman–Crippen MR) is 532 cm³/mol. The summed E-state index contributed by atoms with van der Waals surface area (Å²) >= 11 is 0. The lowest BCUT2D eigenvalue weighted by atomic mass is 10.3. The van der Waals surface area contributed by atoms with Gasteiger partial charge in [-0.2, -0.15) is 0 Å². The van der Waals surface area contributed by atoms with Crippen molar-refractivity contribution in [2.75, 3.05) is 144 Å². The number of rotatable bonds is 57. The first-order chi connectivity index (χ1) is 65.7. The van der Waals surface area contributed by atoms with Crippen LogP contribution in [0.15, 0.2) is 223 Å². The summed E-state index contributed by atoms with van der Waals surface area (Å²) in [7, 11) is -34.1. The molecule has 0 bridgehead atoms. The van der Waals surface area contributed by atoms with E-state index in [1.54, 1.807) is 60.7 Å². The quantitative estimate of drug-likeness (QED) is 0.00615. The minimum absolute atomic E-state index is 0.0123. The fourth-order valence-corrected chi connectivity index (χ4v) is 22.2. The van der Waals surface area contributed by atoms with Crippen LogP contribution in [-0.2, 0) is 181 Å². The van der Waals surface area contributed by atoms with Crippen molar-refractivity contribution in [2.24, 2.45) is 0 Å². The highest BCUT2D eigenvalue weighted by Crippen LogP contribution is 2.53. The molecule has 2 aliphatic heterocycles. The van der Waals surface area contributed by atoms with Crippen molar-refractivity contribution in [3.8, 4) is 11.5 Å². The molecule has 2 aromatic carbocycles. The molecular formula is C83H139O48P7Si4. The zero-order valence-electron chi connectivity index (χ0n) is 82.3. The van der Waals surface area contributed by atoms with Gasteiger partial charge < -0.3 is 104 Å². The van der Waals surface area contributed by atoms with E-state index in [1.165, 1.54) is 58.8 Å². The third-order valence-corrected chi connectivity index (χ3v) is 28.9. The van der Waals surface area contributed by atoms with Crippen LogP contribution in [0.2, 0.25) is 58.9 Å².